The van der Waals surface area contributed by atoms with E-state index in [0.717, 1.165) is 25.8 Å². The Balaban J connectivity index is 1.99. The molecule has 0 aromatic carbocycles. The fourth-order valence-corrected chi connectivity index (χ4v) is 5.92. The van der Waals surface area contributed by atoms with Gasteiger partial charge < -0.3 is 5.32 Å². The minimum Gasteiger partial charge on any atom is -0.310 e. The summed E-state index contributed by atoms with van der Waals surface area (Å²) in [7, 11) is -2.92. The van der Waals surface area contributed by atoms with Gasteiger partial charge in [0.25, 0.3) is 0 Å². The van der Waals surface area contributed by atoms with E-state index in [4.69, 9.17) is 0 Å². The van der Waals surface area contributed by atoms with Crippen molar-refractivity contribution in [2.45, 2.75) is 57.5 Å². The van der Waals surface area contributed by atoms with Crippen LogP contribution < -0.4 is 5.32 Å². The monoisotopic (exact) mass is 311 g/mol. The first-order chi connectivity index (χ1) is 9.95. The summed E-state index contributed by atoms with van der Waals surface area (Å²) in [6.45, 7) is 5.11. The molecule has 6 heteroatoms. The van der Waals surface area contributed by atoms with E-state index in [1.165, 1.54) is 17.7 Å². The van der Waals surface area contributed by atoms with Crippen molar-refractivity contribution in [2.75, 3.05) is 18.1 Å². The largest absolute Gasteiger partial charge is 0.310 e. The van der Waals surface area contributed by atoms with Gasteiger partial charge in [-0.05, 0) is 39.2 Å². The van der Waals surface area contributed by atoms with E-state index in [0.29, 0.717) is 12.5 Å². The van der Waals surface area contributed by atoms with E-state index in [1.807, 2.05) is 17.8 Å². The predicted molar refractivity (Wildman–Crippen MR) is 83.1 cm³/mol. The maximum atomic E-state index is 11.9. The van der Waals surface area contributed by atoms with Crippen LogP contribution in [-0.4, -0.2) is 36.2 Å². The number of rotatable bonds is 3. The van der Waals surface area contributed by atoms with E-state index in [-0.39, 0.29) is 17.0 Å². The summed E-state index contributed by atoms with van der Waals surface area (Å²) < 4.78 is 25.8. The molecule has 5 nitrogen and oxygen atoms in total. The van der Waals surface area contributed by atoms with Crippen LogP contribution in [0.25, 0.3) is 0 Å². The first-order valence-corrected chi connectivity index (χ1v) is 9.78. The Labute approximate surface area is 127 Å². The molecule has 118 valence electrons. The molecule has 3 rings (SSSR count). The lowest BCUT2D eigenvalue weighted by Gasteiger charge is -2.26. The van der Waals surface area contributed by atoms with Crippen molar-refractivity contribution >= 4 is 9.84 Å². The van der Waals surface area contributed by atoms with Gasteiger partial charge in [-0.3, -0.25) is 4.68 Å². The van der Waals surface area contributed by atoms with E-state index < -0.39 is 9.84 Å². The van der Waals surface area contributed by atoms with Crippen LogP contribution in [0.4, 0.5) is 0 Å². The standard InChI is InChI=1S/C15H25N3O2S/c1-3-16-13-6-4-5-7-14-12(13)10-17-18(14)15(2)8-9-21(19,20)11-15/h10,13,16H,3-9,11H2,1-2H3. The molecule has 0 radical (unpaired) electrons. The van der Waals surface area contributed by atoms with Crippen LogP contribution in [-0.2, 0) is 21.8 Å². The van der Waals surface area contributed by atoms with Gasteiger partial charge in [0.15, 0.2) is 9.84 Å². The maximum Gasteiger partial charge on any atom is 0.152 e. The van der Waals surface area contributed by atoms with Crippen molar-refractivity contribution in [3.8, 4) is 0 Å². The Morgan fingerprint density at radius 2 is 2.29 bits per heavy atom. The molecule has 1 aromatic heterocycles. The fraction of sp³-hybridized carbons (Fsp3) is 0.800. The van der Waals surface area contributed by atoms with Crippen molar-refractivity contribution in [1.82, 2.24) is 15.1 Å². The summed E-state index contributed by atoms with van der Waals surface area (Å²) in [4.78, 5) is 0. The van der Waals surface area contributed by atoms with Crippen molar-refractivity contribution in [2.24, 2.45) is 0 Å². The number of hydrogen-bond donors (Lipinski definition) is 1. The van der Waals surface area contributed by atoms with Crippen molar-refractivity contribution in [3.63, 3.8) is 0 Å². The molecule has 1 aromatic rings. The molecule has 0 amide bonds. The lowest BCUT2D eigenvalue weighted by Crippen LogP contribution is -2.34. The highest BCUT2D eigenvalue weighted by Gasteiger charge is 2.42. The molecule has 1 aliphatic carbocycles. The fourth-order valence-electron chi connectivity index (χ4n) is 3.81. The molecule has 2 aliphatic rings. The highest BCUT2D eigenvalue weighted by atomic mass is 32.2. The van der Waals surface area contributed by atoms with Gasteiger partial charge in [0.05, 0.1) is 23.2 Å². The molecule has 1 aliphatic heterocycles. The molecular formula is C15H25N3O2S. The third kappa shape index (κ3) is 2.75. The van der Waals surface area contributed by atoms with Gasteiger partial charge in [0.1, 0.15) is 0 Å². The Hall–Kier alpha value is -0.880. The zero-order valence-corrected chi connectivity index (χ0v) is 13.7. The molecule has 2 atom stereocenters. The third-order valence-electron chi connectivity index (χ3n) is 4.88. The van der Waals surface area contributed by atoms with Crippen molar-refractivity contribution in [3.05, 3.63) is 17.5 Å². The molecular weight excluding hydrogens is 286 g/mol. The number of aromatic nitrogens is 2. The van der Waals surface area contributed by atoms with Crippen LogP contribution in [0.3, 0.4) is 0 Å². The summed E-state index contributed by atoms with van der Waals surface area (Å²) in [6, 6.07) is 0.364. The van der Waals surface area contributed by atoms with Gasteiger partial charge in [0.2, 0.25) is 0 Å². The summed E-state index contributed by atoms with van der Waals surface area (Å²) in [5.74, 6) is 0.509. The van der Waals surface area contributed by atoms with Gasteiger partial charge in [-0.25, -0.2) is 8.42 Å². The minimum atomic E-state index is -2.92. The molecule has 1 N–H and O–H groups in total. The Bertz CT molecular complexity index is 623. The Morgan fingerprint density at radius 3 is 2.95 bits per heavy atom. The molecule has 2 heterocycles. The van der Waals surface area contributed by atoms with Gasteiger partial charge in [-0.1, -0.05) is 13.3 Å². The van der Waals surface area contributed by atoms with Crippen LogP contribution >= 0.6 is 0 Å². The second-order valence-corrected chi connectivity index (χ2v) is 8.84. The quantitative estimate of drug-likeness (QED) is 0.865. The molecule has 1 fully saturated rings. The Kier molecular flexibility index (Phi) is 3.86. The highest BCUT2D eigenvalue weighted by molar-refractivity contribution is 7.91. The zero-order chi connectivity index (χ0) is 15.1. The van der Waals surface area contributed by atoms with Gasteiger partial charge in [-0.15, -0.1) is 0 Å². The van der Waals surface area contributed by atoms with E-state index in [2.05, 4.69) is 17.3 Å². The average Bonchev–Trinajstić information content (AvgIpc) is 2.89. The number of sulfone groups is 1. The third-order valence-corrected chi connectivity index (χ3v) is 6.77. The van der Waals surface area contributed by atoms with Crippen molar-refractivity contribution in [1.29, 1.82) is 0 Å². The number of nitrogens with zero attached hydrogens (tertiary/aromatic N) is 2. The van der Waals surface area contributed by atoms with Gasteiger partial charge in [-0.2, -0.15) is 5.10 Å². The van der Waals surface area contributed by atoms with Crippen LogP contribution in [0.1, 0.15) is 56.8 Å². The van der Waals surface area contributed by atoms with E-state index >= 15 is 0 Å². The van der Waals surface area contributed by atoms with Crippen LogP contribution in [0.5, 0.6) is 0 Å². The summed E-state index contributed by atoms with van der Waals surface area (Å²) in [5.41, 5.74) is 2.16. The summed E-state index contributed by atoms with van der Waals surface area (Å²) >= 11 is 0. The molecule has 0 spiro atoms. The van der Waals surface area contributed by atoms with Crippen molar-refractivity contribution < 1.29 is 8.42 Å². The highest BCUT2D eigenvalue weighted by Crippen LogP contribution is 2.36. The average molecular weight is 311 g/mol. The molecule has 0 saturated carbocycles. The number of fused-ring (bicyclic) bond motifs is 1. The minimum absolute atomic E-state index is 0.222. The van der Waals surface area contributed by atoms with E-state index in [1.54, 1.807) is 0 Å². The molecule has 0 bridgehead atoms. The topological polar surface area (TPSA) is 64.0 Å². The number of hydrogen-bond acceptors (Lipinski definition) is 4. The lowest BCUT2D eigenvalue weighted by atomic mass is 10.0. The van der Waals surface area contributed by atoms with Crippen LogP contribution in [0, 0.1) is 0 Å². The van der Waals surface area contributed by atoms with Crippen LogP contribution in [0.15, 0.2) is 6.20 Å². The lowest BCUT2D eigenvalue weighted by molar-refractivity contribution is 0.317. The van der Waals surface area contributed by atoms with Crippen LogP contribution in [0.2, 0.25) is 0 Å². The predicted octanol–water partition coefficient (Wildman–Crippen LogP) is 1.79. The van der Waals surface area contributed by atoms with E-state index in [9.17, 15) is 8.42 Å². The second-order valence-electron chi connectivity index (χ2n) is 6.65. The summed E-state index contributed by atoms with van der Waals surface area (Å²) in [5, 5.41) is 8.15. The smallest absolute Gasteiger partial charge is 0.152 e. The molecule has 2 unspecified atom stereocenters. The SMILES string of the molecule is CCNC1CCCCc2c1cnn2C1(C)CCS(=O)(=O)C1. The summed E-state index contributed by atoms with van der Waals surface area (Å²) in [6.07, 6.45) is 7.15. The number of nitrogens with one attached hydrogen (secondary N) is 1. The maximum absolute atomic E-state index is 11.9. The molecule has 21 heavy (non-hydrogen) atoms. The Morgan fingerprint density at radius 1 is 1.48 bits per heavy atom. The zero-order valence-electron chi connectivity index (χ0n) is 12.9. The van der Waals surface area contributed by atoms with Gasteiger partial charge in [0, 0.05) is 17.3 Å². The molecule has 1 saturated heterocycles. The van der Waals surface area contributed by atoms with Gasteiger partial charge >= 0.3 is 0 Å². The first-order valence-electron chi connectivity index (χ1n) is 7.96. The second kappa shape index (κ2) is 5.39. The first kappa shape index (κ1) is 15.0. The normalized spacial score (nSPS) is 31.8.